The molecule has 0 aliphatic carbocycles. The predicted molar refractivity (Wildman–Crippen MR) is 109 cm³/mol. The summed E-state index contributed by atoms with van der Waals surface area (Å²) < 4.78 is 0. The molecule has 0 radical (unpaired) electrons. The summed E-state index contributed by atoms with van der Waals surface area (Å²) in [5.74, 6) is 0.0607. The van der Waals surface area contributed by atoms with E-state index in [-0.39, 0.29) is 23.6 Å². The van der Waals surface area contributed by atoms with Gasteiger partial charge in [-0.3, -0.25) is 14.4 Å². The fourth-order valence-corrected chi connectivity index (χ4v) is 3.07. The van der Waals surface area contributed by atoms with Crippen LogP contribution in [0.3, 0.4) is 0 Å². The van der Waals surface area contributed by atoms with Crippen molar-refractivity contribution in [2.75, 3.05) is 25.0 Å². The van der Waals surface area contributed by atoms with E-state index in [0.29, 0.717) is 43.3 Å². The molecule has 1 aromatic heterocycles. The fraction of sp³-hybridized carbons (Fsp3) is 0.600. The third kappa shape index (κ3) is 6.78. The van der Waals surface area contributed by atoms with Gasteiger partial charge in [-0.15, -0.1) is 0 Å². The molecule has 0 saturated carbocycles. The number of anilines is 1. The summed E-state index contributed by atoms with van der Waals surface area (Å²) in [7, 11) is 0. The first-order chi connectivity index (χ1) is 13.2. The first-order valence-corrected chi connectivity index (χ1v) is 10.0. The van der Waals surface area contributed by atoms with Gasteiger partial charge >= 0.3 is 0 Å². The van der Waals surface area contributed by atoms with E-state index in [2.05, 4.69) is 15.6 Å². The molecule has 0 aromatic carbocycles. The minimum Gasteiger partial charge on any atom is -0.356 e. The lowest BCUT2D eigenvalue weighted by molar-refractivity contribution is -0.135. The molecule has 8 heteroatoms. The fourth-order valence-electron chi connectivity index (χ4n) is 2.96. The van der Waals surface area contributed by atoms with Crippen molar-refractivity contribution in [2.45, 2.75) is 46.5 Å². The normalized spacial score (nSPS) is 17.1. The van der Waals surface area contributed by atoms with Crippen LogP contribution >= 0.6 is 11.6 Å². The van der Waals surface area contributed by atoms with Crippen LogP contribution in [0.5, 0.6) is 0 Å². The molecule has 1 fully saturated rings. The number of carbonyl (C=O) groups is 3. The van der Waals surface area contributed by atoms with E-state index in [1.807, 2.05) is 20.8 Å². The Kier molecular flexibility index (Phi) is 7.80. The van der Waals surface area contributed by atoms with E-state index in [1.54, 1.807) is 17.0 Å². The zero-order chi connectivity index (χ0) is 20.7. The minimum absolute atomic E-state index is 0.0205. The Morgan fingerprint density at radius 1 is 1.29 bits per heavy atom. The number of halogens is 1. The van der Waals surface area contributed by atoms with Gasteiger partial charge in [-0.25, -0.2) is 4.98 Å². The first kappa shape index (κ1) is 22.1. The third-order valence-electron chi connectivity index (χ3n) is 4.66. The molecule has 1 aromatic rings. The van der Waals surface area contributed by atoms with Crippen molar-refractivity contribution >= 4 is 35.1 Å². The van der Waals surface area contributed by atoms with Crippen LogP contribution in [0.2, 0.25) is 5.02 Å². The number of likely N-dealkylation sites (tertiary alicyclic amines) is 1. The van der Waals surface area contributed by atoms with Crippen LogP contribution in [-0.2, 0) is 14.4 Å². The van der Waals surface area contributed by atoms with Crippen molar-refractivity contribution < 1.29 is 14.4 Å². The second-order valence-electron chi connectivity index (χ2n) is 8.14. The molecule has 0 bridgehead atoms. The van der Waals surface area contributed by atoms with Crippen LogP contribution in [0, 0.1) is 11.3 Å². The van der Waals surface area contributed by atoms with Gasteiger partial charge in [-0.05, 0) is 31.4 Å². The number of nitrogens with one attached hydrogen (secondary N) is 2. The van der Waals surface area contributed by atoms with E-state index < -0.39 is 5.41 Å². The predicted octanol–water partition coefficient (Wildman–Crippen LogP) is 2.85. The van der Waals surface area contributed by atoms with Gasteiger partial charge in [0.05, 0.1) is 10.9 Å². The summed E-state index contributed by atoms with van der Waals surface area (Å²) in [6.45, 7) is 7.11. The Labute approximate surface area is 171 Å². The van der Waals surface area contributed by atoms with Crippen molar-refractivity contribution in [2.24, 2.45) is 11.3 Å². The van der Waals surface area contributed by atoms with Gasteiger partial charge in [-0.2, -0.15) is 0 Å². The number of amides is 3. The second kappa shape index (κ2) is 9.87. The van der Waals surface area contributed by atoms with Crippen molar-refractivity contribution in [3.05, 3.63) is 23.4 Å². The maximum absolute atomic E-state index is 12.5. The summed E-state index contributed by atoms with van der Waals surface area (Å²) in [6.07, 6.45) is 3.95. The number of piperidine rings is 1. The molecule has 2 rings (SSSR count). The van der Waals surface area contributed by atoms with E-state index in [9.17, 15) is 14.4 Å². The lowest BCUT2D eigenvalue weighted by Gasteiger charge is -2.32. The molecule has 1 atom stereocenters. The van der Waals surface area contributed by atoms with Crippen molar-refractivity contribution in [3.8, 4) is 0 Å². The van der Waals surface area contributed by atoms with Crippen LogP contribution < -0.4 is 10.6 Å². The second-order valence-corrected chi connectivity index (χ2v) is 8.58. The van der Waals surface area contributed by atoms with Gasteiger partial charge in [-0.1, -0.05) is 32.4 Å². The molecule has 1 saturated heterocycles. The number of nitrogens with zero attached hydrogens (tertiary/aromatic N) is 2. The largest absolute Gasteiger partial charge is 0.356 e. The standard InChI is InChI=1S/C20H29ClN4O3/c1-20(2,3)19(28)22-10-4-7-17(26)25-11-5-6-14(13-25)18(27)24-16-9-8-15(21)12-23-16/h8-9,12,14H,4-7,10-11,13H2,1-3H3,(H,22,28)(H,23,24,27). The highest BCUT2D eigenvalue weighted by Gasteiger charge is 2.28. The monoisotopic (exact) mass is 408 g/mol. The van der Waals surface area contributed by atoms with Gasteiger partial charge < -0.3 is 15.5 Å². The Morgan fingerprint density at radius 3 is 2.68 bits per heavy atom. The Morgan fingerprint density at radius 2 is 2.04 bits per heavy atom. The van der Waals surface area contributed by atoms with Gasteiger partial charge in [0.25, 0.3) is 0 Å². The summed E-state index contributed by atoms with van der Waals surface area (Å²) in [5.41, 5.74) is -0.434. The Bertz CT molecular complexity index is 700. The molecule has 7 nitrogen and oxygen atoms in total. The molecule has 2 N–H and O–H groups in total. The number of rotatable bonds is 6. The van der Waals surface area contributed by atoms with Gasteiger partial charge in [0, 0.05) is 37.7 Å². The zero-order valence-electron chi connectivity index (χ0n) is 16.8. The molecular weight excluding hydrogens is 380 g/mol. The Balaban J connectivity index is 1.76. The number of hydrogen-bond donors (Lipinski definition) is 2. The van der Waals surface area contributed by atoms with Crippen LogP contribution in [0.4, 0.5) is 5.82 Å². The van der Waals surface area contributed by atoms with Gasteiger partial charge in [0.2, 0.25) is 17.7 Å². The zero-order valence-corrected chi connectivity index (χ0v) is 17.5. The molecule has 28 heavy (non-hydrogen) atoms. The highest BCUT2D eigenvalue weighted by Crippen LogP contribution is 2.20. The summed E-state index contributed by atoms with van der Waals surface area (Å²) >= 11 is 5.80. The smallest absolute Gasteiger partial charge is 0.230 e. The van der Waals surface area contributed by atoms with Crippen LogP contribution in [0.1, 0.15) is 46.5 Å². The number of pyridine rings is 1. The molecule has 2 heterocycles. The van der Waals surface area contributed by atoms with Crippen molar-refractivity contribution in [1.82, 2.24) is 15.2 Å². The average molecular weight is 409 g/mol. The summed E-state index contributed by atoms with van der Waals surface area (Å²) in [4.78, 5) is 42.6. The lowest BCUT2D eigenvalue weighted by Crippen LogP contribution is -2.44. The highest BCUT2D eigenvalue weighted by atomic mass is 35.5. The highest BCUT2D eigenvalue weighted by molar-refractivity contribution is 6.30. The molecular formula is C20H29ClN4O3. The molecule has 1 aliphatic rings. The van der Waals surface area contributed by atoms with Gasteiger partial charge in [0.1, 0.15) is 5.82 Å². The molecule has 154 valence electrons. The van der Waals surface area contributed by atoms with Gasteiger partial charge in [0.15, 0.2) is 0 Å². The summed E-state index contributed by atoms with van der Waals surface area (Å²) in [5, 5.41) is 6.14. The minimum atomic E-state index is -0.434. The third-order valence-corrected chi connectivity index (χ3v) is 4.88. The van der Waals surface area contributed by atoms with E-state index in [1.165, 1.54) is 6.20 Å². The molecule has 1 aliphatic heterocycles. The van der Waals surface area contributed by atoms with Crippen LogP contribution in [0.15, 0.2) is 18.3 Å². The molecule has 1 unspecified atom stereocenters. The van der Waals surface area contributed by atoms with E-state index >= 15 is 0 Å². The van der Waals surface area contributed by atoms with Crippen molar-refractivity contribution in [3.63, 3.8) is 0 Å². The molecule has 0 spiro atoms. The maximum atomic E-state index is 12.5. The maximum Gasteiger partial charge on any atom is 0.230 e. The molecule has 3 amide bonds. The topological polar surface area (TPSA) is 91.4 Å². The first-order valence-electron chi connectivity index (χ1n) is 9.65. The quantitative estimate of drug-likeness (QED) is 0.708. The van der Waals surface area contributed by atoms with E-state index in [4.69, 9.17) is 11.6 Å². The lowest BCUT2D eigenvalue weighted by atomic mass is 9.95. The number of carbonyl (C=O) groups excluding carboxylic acids is 3. The average Bonchev–Trinajstić information content (AvgIpc) is 2.66. The number of hydrogen-bond acceptors (Lipinski definition) is 4. The van der Waals surface area contributed by atoms with Crippen LogP contribution in [0.25, 0.3) is 0 Å². The SMILES string of the molecule is CC(C)(C)C(=O)NCCCC(=O)N1CCCC(C(=O)Nc2ccc(Cl)cn2)C1. The number of aromatic nitrogens is 1. The van der Waals surface area contributed by atoms with Crippen molar-refractivity contribution in [1.29, 1.82) is 0 Å². The summed E-state index contributed by atoms with van der Waals surface area (Å²) in [6, 6.07) is 3.32. The Hall–Kier alpha value is -2.15. The van der Waals surface area contributed by atoms with Crippen LogP contribution in [-0.4, -0.2) is 47.2 Å². The van der Waals surface area contributed by atoms with E-state index in [0.717, 1.165) is 12.8 Å².